The zero-order valence-electron chi connectivity index (χ0n) is 10.7. The molecule has 0 saturated carbocycles. The Morgan fingerprint density at radius 2 is 1.85 bits per heavy atom. The van der Waals surface area contributed by atoms with Gasteiger partial charge in [-0.15, -0.1) is 0 Å². The number of carbonyl (C=O) groups is 1. The van der Waals surface area contributed by atoms with E-state index in [2.05, 4.69) is 22.6 Å². The van der Waals surface area contributed by atoms with Gasteiger partial charge in [0, 0.05) is 13.4 Å². The molecule has 0 unspecified atom stereocenters. The molecule has 0 radical (unpaired) electrons. The highest BCUT2D eigenvalue weighted by Gasteiger charge is 2.06. The van der Waals surface area contributed by atoms with Crippen molar-refractivity contribution in [3.63, 3.8) is 0 Å². The smallest absolute Gasteiger partial charge is 0.338 e. The van der Waals surface area contributed by atoms with E-state index >= 15 is 0 Å². The Morgan fingerprint density at radius 3 is 2.45 bits per heavy atom. The summed E-state index contributed by atoms with van der Waals surface area (Å²) in [5.74, 6) is -0.290. The molecule has 2 aromatic rings. The fourth-order valence-electron chi connectivity index (χ4n) is 1.55. The highest BCUT2D eigenvalue weighted by molar-refractivity contribution is 14.1. The molecule has 0 aliphatic heterocycles. The Morgan fingerprint density at radius 1 is 1.20 bits per heavy atom. The van der Waals surface area contributed by atoms with Gasteiger partial charge in [-0.1, -0.05) is 23.4 Å². The zero-order valence-corrected chi connectivity index (χ0v) is 14.5. The zero-order chi connectivity index (χ0) is 14.5. The Hall–Kier alpha value is -0.720. The lowest BCUT2D eigenvalue weighted by molar-refractivity contribution is 0.0526. The Kier molecular flexibility index (Phi) is 5.74. The first kappa shape index (κ1) is 15.7. The highest BCUT2D eigenvalue weighted by Crippen LogP contribution is 2.31. The van der Waals surface area contributed by atoms with Crippen LogP contribution in [0.5, 0.6) is 0 Å². The average Bonchev–Trinajstić information content (AvgIpc) is 2.44. The molecule has 2 rings (SSSR count). The van der Waals surface area contributed by atoms with Crippen molar-refractivity contribution in [2.24, 2.45) is 0 Å². The third kappa shape index (κ3) is 4.14. The van der Waals surface area contributed by atoms with Gasteiger partial charge in [-0.05, 0) is 72.0 Å². The molecule has 20 heavy (non-hydrogen) atoms. The minimum Gasteiger partial charge on any atom is -0.462 e. The van der Waals surface area contributed by atoms with E-state index in [1.807, 2.05) is 30.3 Å². The number of carbonyl (C=O) groups excluding carboxylic acids is 1. The Labute approximate surface area is 141 Å². The lowest BCUT2D eigenvalue weighted by Crippen LogP contribution is -2.03. The topological polar surface area (TPSA) is 26.3 Å². The third-order valence-corrected chi connectivity index (χ3v) is 5.06. The predicted octanol–water partition coefficient (Wildman–Crippen LogP) is 5.27. The van der Waals surface area contributed by atoms with E-state index < -0.39 is 0 Å². The molecule has 0 aromatic heterocycles. The van der Waals surface area contributed by atoms with Gasteiger partial charge in [0.05, 0.1) is 17.2 Å². The number of hydrogen-bond acceptors (Lipinski definition) is 3. The quantitative estimate of drug-likeness (QED) is 0.500. The average molecular weight is 419 g/mol. The molecule has 0 fully saturated rings. The van der Waals surface area contributed by atoms with Crippen LogP contribution in [-0.4, -0.2) is 12.6 Å². The fraction of sp³-hybridized carbons (Fsp3) is 0.133. The van der Waals surface area contributed by atoms with Crippen molar-refractivity contribution in [1.29, 1.82) is 0 Å². The summed E-state index contributed by atoms with van der Waals surface area (Å²) >= 11 is 9.90. The molecule has 0 spiro atoms. The molecule has 0 aliphatic rings. The summed E-state index contributed by atoms with van der Waals surface area (Å²) in [6.45, 7) is 2.18. The second kappa shape index (κ2) is 7.33. The highest BCUT2D eigenvalue weighted by atomic mass is 127. The maximum Gasteiger partial charge on any atom is 0.338 e. The third-order valence-electron chi connectivity index (χ3n) is 2.49. The van der Waals surface area contributed by atoms with E-state index in [0.717, 1.165) is 18.4 Å². The van der Waals surface area contributed by atoms with Gasteiger partial charge in [-0.3, -0.25) is 0 Å². The number of rotatable bonds is 4. The number of ether oxygens (including phenoxy) is 1. The normalized spacial score (nSPS) is 10.3. The second-order valence-corrected chi connectivity index (χ2v) is 6.64. The largest absolute Gasteiger partial charge is 0.462 e. The van der Waals surface area contributed by atoms with Gasteiger partial charge in [-0.25, -0.2) is 4.79 Å². The van der Waals surface area contributed by atoms with E-state index in [0.29, 0.717) is 12.2 Å². The summed E-state index contributed by atoms with van der Waals surface area (Å²) in [5, 5.41) is 0.749. The van der Waals surface area contributed by atoms with Crippen LogP contribution in [0.25, 0.3) is 0 Å². The van der Waals surface area contributed by atoms with Gasteiger partial charge in [-0.2, -0.15) is 0 Å². The van der Waals surface area contributed by atoms with E-state index in [-0.39, 0.29) is 5.97 Å². The van der Waals surface area contributed by atoms with Crippen LogP contribution in [0.4, 0.5) is 0 Å². The van der Waals surface area contributed by atoms with Crippen LogP contribution in [0, 0.1) is 3.57 Å². The number of esters is 1. The van der Waals surface area contributed by atoms with Gasteiger partial charge < -0.3 is 4.74 Å². The molecule has 2 nitrogen and oxygen atoms in total. The van der Waals surface area contributed by atoms with E-state index in [1.165, 1.54) is 0 Å². The van der Waals surface area contributed by atoms with Crippen molar-refractivity contribution in [3.8, 4) is 0 Å². The lowest BCUT2D eigenvalue weighted by atomic mass is 10.2. The van der Waals surface area contributed by atoms with Gasteiger partial charge in [0.2, 0.25) is 0 Å². The molecule has 0 aliphatic carbocycles. The van der Waals surface area contributed by atoms with Crippen LogP contribution >= 0.6 is 46.0 Å². The van der Waals surface area contributed by atoms with Gasteiger partial charge in [0.25, 0.3) is 0 Å². The lowest BCUT2D eigenvalue weighted by Gasteiger charge is -2.05. The molecule has 104 valence electrons. The van der Waals surface area contributed by atoms with Crippen molar-refractivity contribution >= 4 is 51.9 Å². The molecule has 5 heteroatoms. The molecule has 0 bridgehead atoms. The van der Waals surface area contributed by atoms with Gasteiger partial charge in [0.1, 0.15) is 0 Å². The molecule has 2 aromatic carbocycles. The molecule has 0 amide bonds. The minimum atomic E-state index is -0.290. The fourth-order valence-corrected chi connectivity index (χ4v) is 2.99. The first-order valence-corrected chi connectivity index (χ1v) is 8.27. The van der Waals surface area contributed by atoms with Crippen LogP contribution in [0.2, 0.25) is 5.02 Å². The van der Waals surface area contributed by atoms with Gasteiger partial charge >= 0.3 is 5.97 Å². The van der Waals surface area contributed by atoms with E-state index in [4.69, 9.17) is 16.3 Å². The maximum absolute atomic E-state index is 11.5. The minimum absolute atomic E-state index is 0.290. The van der Waals surface area contributed by atoms with Crippen LogP contribution < -0.4 is 0 Å². The molecule has 0 N–H and O–H groups in total. The summed E-state index contributed by atoms with van der Waals surface area (Å²) in [4.78, 5) is 13.7. The maximum atomic E-state index is 11.5. The molecule has 0 atom stereocenters. The SMILES string of the molecule is CCOC(=O)c1ccc(Sc2ccc(I)c(Cl)c2)cc1. The first-order valence-electron chi connectivity index (χ1n) is 6.00. The summed E-state index contributed by atoms with van der Waals surface area (Å²) in [6.07, 6.45) is 0. The van der Waals surface area contributed by atoms with Crippen LogP contribution in [0.15, 0.2) is 52.3 Å². The number of benzene rings is 2. The standard InChI is InChI=1S/C15H12ClIO2S/c1-2-19-15(18)10-3-5-11(6-4-10)20-12-7-8-14(17)13(16)9-12/h3-9H,2H2,1H3. The Bertz CT molecular complexity index is 614. The predicted molar refractivity (Wildman–Crippen MR) is 90.7 cm³/mol. The monoisotopic (exact) mass is 418 g/mol. The van der Waals surface area contributed by atoms with Crippen LogP contribution in [0.1, 0.15) is 17.3 Å². The number of hydrogen-bond donors (Lipinski definition) is 0. The van der Waals surface area contributed by atoms with Crippen LogP contribution in [-0.2, 0) is 4.74 Å². The van der Waals surface area contributed by atoms with Crippen molar-refractivity contribution in [2.75, 3.05) is 6.61 Å². The first-order chi connectivity index (χ1) is 9.60. The number of halogens is 2. The van der Waals surface area contributed by atoms with Gasteiger partial charge in [0.15, 0.2) is 0 Å². The summed E-state index contributed by atoms with van der Waals surface area (Å²) in [7, 11) is 0. The van der Waals surface area contributed by atoms with Crippen LogP contribution in [0.3, 0.4) is 0 Å². The molecule has 0 saturated heterocycles. The van der Waals surface area contributed by atoms with Crippen molar-refractivity contribution < 1.29 is 9.53 Å². The van der Waals surface area contributed by atoms with Crippen molar-refractivity contribution in [1.82, 2.24) is 0 Å². The van der Waals surface area contributed by atoms with E-state index in [1.54, 1.807) is 30.8 Å². The Balaban J connectivity index is 2.10. The van der Waals surface area contributed by atoms with Crippen molar-refractivity contribution in [2.45, 2.75) is 16.7 Å². The van der Waals surface area contributed by atoms with E-state index in [9.17, 15) is 4.79 Å². The van der Waals surface area contributed by atoms with Crippen molar-refractivity contribution in [3.05, 3.63) is 56.6 Å². The summed E-state index contributed by atoms with van der Waals surface area (Å²) < 4.78 is 5.98. The summed E-state index contributed by atoms with van der Waals surface area (Å²) in [5.41, 5.74) is 0.567. The second-order valence-electron chi connectivity index (χ2n) is 3.92. The molecular weight excluding hydrogens is 407 g/mol. The summed E-state index contributed by atoms with van der Waals surface area (Å²) in [6, 6.07) is 13.3. The molecular formula is C15H12ClIO2S. The molecule has 0 heterocycles.